The van der Waals surface area contributed by atoms with Gasteiger partial charge in [0.1, 0.15) is 5.75 Å². The molecule has 0 aliphatic heterocycles. The molecule has 0 unspecified atom stereocenters. The van der Waals surface area contributed by atoms with E-state index in [1.807, 2.05) is 66.7 Å². The Labute approximate surface area is 167 Å². The van der Waals surface area contributed by atoms with Crippen molar-refractivity contribution in [3.63, 3.8) is 0 Å². The monoisotopic (exact) mass is 391 g/mol. The van der Waals surface area contributed by atoms with Crippen LogP contribution in [-0.4, -0.2) is 22.3 Å². The molecule has 6 heteroatoms. The fourth-order valence-electron chi connectivity index (χ4n) is 2.89. The third-order valence-electron chi connectivity index (χ3n) is 4.27. The average Bonchev–Trinajstić information content (AvgIpc) is 3.14. The number of carbonyl (C=O) groups excluding carboxylic acids is 1. The number of carbonyl (C=O) groups is 1. The summed E-state index contributed by atoms with van der Waals surface area (Å²) in [6, 6.07) is 21.3. The van der Waals surface area contributed by atoms with Gasteiger partial charge in [0.05, 0.1) is 18.4 Å². The average molecular weight is 392 g/mol. The number of hydrogen-bond acceptors (Lipinski definition) is 3. The summed E-state index contributed by atoms with van der Waals surface area (Å²) >= 11 is 5.90. The number of nitrogens with one attached hydrogen (secondary N) is 1. The number of hydrogen-bond donors (Lipinski definition) is 1. The highest BCUT2D eigenvalue weighted by Crippen LogP contribution is 2.20. The van der Waals surface area contributed by atoms with Gasteiger partial charge in [-0.2, -0.15) is 5.10 Å². The number of ether oxygens (including phenoxy) is 1. The topological polar surface area (TPSA) is 56.1 Å². The van der Waals surface area contributed by atoms with Crippen LogP contribution < -0.4 is 10.1 Å². The molecule has 0 radical (unpaired) electrons. The second-order valence-corrected chi connectivity index (χ2v) is 6.84. The summed E-state index contributed by atoms with van der Waals surface area (Å²) in [5.74, 6) is 0.423. The second kappa shape index (κ2) is 8.15. The molecule has 5 nitrogen and oxygen atoms in total. The quantitative estimate of drug-likeness (QED) is 0.515. The van der Waals surface area contributed by atoms with Gasteiger partial charge in [0.15, 0.2) is 6.61 Å². The van der Waals surface area contributed by atoms with Gasteiger partial charge < -0.3 is 10.1 Å². The van der Waals surface area contributed by atoms with Crippen LogP contribution in [0.15, 0.2) is 79.1 Å². The van der Waals surface area contributed by atoms with E-state index in [2.05, 4.69) is 10.4 Å². The maximum Gasteiger partial charge on any atom is 0.262 e. The van der Waals surface area contributed by atoms with Gasteiger partial charge >= 0.3 is 0 Å². The molecule has 0 atom stereocenters. The number of anilines is 1. The van der Waals surface area contributed by atoms with Gasteiger partial charge in [-0.15, -0.1) is 0 Å². The molecule has 0 aliphatic carbocycles. The Morgan fingerprint density at radius 1 is 1.04 bits per heavy atom. The van der Waals surface area contributed by atoms with Crippen molar-refractivity contribution in [2.45, 2.75) is 6.54 Å². The van der Waals surface area contributed by atoms with Crippen molar-refractivity contribution in [3.8, 4) is 5.75 Å². The molecule has 0 saturated heterocycles. The highest BCUT2D eigenvalue weighted by molar-refractivity contribution is 6.30. The maximum absolute atomic E-state index is 12.2. The first-order valence-corrected chi connectivity index (χ1v) is 9.22. The zero-order valence-electron chi connectivity index (χ0n) is 15.0. The molecule has 0 spiro atoms. The number of nitrogens with zero attached hydrogens (tertiary/aromatic N) is 2. The lowest BCUT2D eigenvalue weighted by molar-refractivity contribution is -0.118. The summed E-state index contributed by atoms with van der Waals surface area (Å²) < 4.78 is 7.36. The summed E-state index contributed by atoms with van der Waals surface area (Å²) in [7, 11) is 0. The largest absolute Gasteiger partial charge is 0.484 e. The molecule has 1 amide bonds. The van der Waals surface area contributed by atoms with Crippen molar-refractivity contribution >= 4 is 34.0 Å². The Hall–Kier alpha value is -3.31. The molecule has 0 aliphatic rings. The van der Waals surface area contributed by atoms with Crippen molar-refractivity contribution in [2.24, 2.45) is 0 Å². The van der Waals surface area contributed by atoms with Crippen molar-refractivity contribution < 1.29 is 9.53 Å². The fraction of sp³-hybridized carbons (Fsp3) is 0.0909. The van der Waals surface area contributed by atoms with Crippen LogP contribution >= 0.6 is 11.6 Å². The van der Waals surface area contributed by atoms with Crippen molar-refractivity contribution in [1.29, 1.82) is 0 Å². The molecule has 1 heterocycles. The van der Waals surface area contributed by atoms with Crippen LogP contribution in [0.2, 0.25) is 5.02 Å². The van der Waals surface area contributed by atoms with Crippen LogP contribution in [0.3, 0.4) is 0 Å². The van der Waals surface area contributed by atoms with Crippen molar-refractivity contribution in [2.75, 3.05) is 11.9 Å². The predicted molar refractivity (Wildman–Crippen MR) is 111 cm³/mol. The minimum atomic E-state index is -0.237. The van der Waals surface area contributed by atoms with Gasteiger partial charge in [0.2, 0.25) is 0 Å². The number of amides is 1. The number of fused-ring (bicyclic) bond motifs is 1. The van der Waals surface area contributed by atoms with E-state index in [-0.39, 0.29) is 12.5 Å². The minimum Gasteiger partial charge on any atom is -0.484 e. The zero-order valence-corrected chi connectivity index (χ0v) is 15.8. The van der Waals surface area contributed by atoms with Crippen LogP contribution in [-0.2, 0) is 11.3 Å². The van der Waals surface area contributed by atoms with Gasteiger partial charge in [-0.3, -0.25) is 9.48 Å². The molecule has 28 heavy (non-hydrogen) atoms. The van der Waals surface area contributed by atoms with Crippen molar-refractivity contribution in [1.82, 2.24) is 9.78 Å². The molecule has 4 rings (SSSR count). The third kappa shape index (κ3) is 4.50. The number of benzene rings is 3. The summed E-state index contributed by atoms with van der Waals surface area (Å²) in [6.45, 7) is 0.529. The fourth-order valence-corrected chi connectivity index (χ4v) is 3.02. The normalized spacial score (nSPS) is 10.8. The molecule has 0 bridgehead atoms. The first kappa shape index (κ1) is 18.1. The summed E-state index contributed by atoms with van der Waals surface area (Å²) in [5.41, 5.74) is 1.70. The minimum absolute atomic E-state index is 0.0687. The van der Waals surface area contributed by atoms with Gasteiger partial charge in [-0.25, -0.2) is 0 Å². The molecule has 140 valence electrons. The molecular weight excluding hydrogens is 374 g/mol. The van der Waals surface area contributed by atoms with E-state index >= 15 is 0 Å². The summed E-state index contributed by atoms with van der Waals surface area (Å²) in [6.07, 6.45) is 3.40. The van der Waals surface area contributed by atoms with Crippen molar-refractivity contribution in [3.05, 3.63) is 89.7 Å². The molecule has 1 aromatic heterocycles. The summed E-state index contributed by atoms with van der Waals surface area (Å²) in [5, 5.41) is 9.97. The van der Waals surface area contributed by atoms with E-state index in [0.29, 0.717) is 23.0 Å². The highest BCUT2D eigenvalue weighted by atomic mass is 35.5. The van der Waals surface area contributed by atoms with Crippen LogP contribution in [0.1, 0.15) is 5.56 Å². The standard InChI is InChI=1S/C22H18ClN3O2/c23-19-8-5-16(6-9-19)13-26-14-20(12-24-26)25-22(27)15-28-21-10-7-17-3-1-2-4-18(17)11-21/h1-12,14H,13,15H2,(H,25,27). The molecule has 0 fully saturated rings. The lowest BCUT2D eigenvalue weighted by Crippen LogP contribution is -2.19. The van der Waals surface area contributed by atoms with Crippen LogP contribution in [0.25, 0.3) is 10.8 Å². The van der Waals surface area contributed by atoms with E-state index in [0.717, 1.165) is 16.3 Å². The Kier molecular flexibility index (Phi) is 5.26. The lowest BCUT2D eigenvalue weighted by atomic mass is 10.1. The predicted octanol–water partition coefficient (Wildman–Crippen LogP) is 4.76. The Morgan fingerprint density at radius 3 is 2.64 bits per heavy atom. The molecule has 4 aromatic rings. The van der Waals surface area contributed by atoms with Gasteiger partial charge in [-0.05, 0) is 40.6 Å². The van der Waals surface area contributed by atoms with E-state index in [4.69, 9.17) is 16.3 Å². The molecular formula is C22H18ClN3O2. The van der Waals surface area contributed by atoms with Gasteiger partial charge in [0.25, 0.3) is 5.91 Å². The molecule has 0 saturated carbocycles. The first-order chi connectivity index (χ1) is 13.7. The SMILES string of the molecule is O=C(COc1ccc2ccccc2c1)Nc1cnn(Cc2ccc(Cl)cc2)c1. The van der Waals surface area contributed by atoms with Gasteiger partial charge in [0, 0.05) is 11.2 Å². The Balaban J connectivity index is 1.32. The first-order valence-electron chi connectivity index (χ1n) is 8.84. The van der Waals surface area contributed by atoms with E-state index in [9.17, 15) is 4.79 Å². The Bertz CT molecular complexity index is 1110. The molecule has 3 aromatic carbocycles. The summed E-state index contributed by atoms with van der Waals surface area (Å²) in [4.78, 5) is 12.2. The zero-order chi connectivity index (χ0) is 19.3. The number of aromatic nitrogens is 2. The maximum atomic E-state index is 12.2. The number of rotatable bonds is 6. The van der Waals surface area contributed by atoms with Gasteiger partial charge in [-0.1, -0.05) is 54.1 Å². The van der Waals surface area contributed by atoms with E-state index in [1.54, 1.807) is 17.1 Å². The number of halogens is 1. The van der Waals surface area contributed by atoms with Crippen LogP contribution in [0, 0.1) is 0 Å². The Morgan fingerprint density at radius 2 is 1.82 bits per heavy atom. The van der Waals surface area contributed by atoms with Crippen LogP contribution in [0.5, 0.6) is 5.75 Å². The molecule has 1 N–H and O–H groups in total. The highest BCUT2D eigenvalue weighted by Gasteiger charge is 2.07. The van der Waals surface area contributed by atoms with E-state index < -0.39 is 0 Å². The third-order valence-corrected chi connectivity index (χ3v) is 4.52. The van der Waals surface area contributed by atoms with Crippen LogP contribution in [0.4, 0.5) is 5.69 Å². The van der Waals surface area contributed by atoms with E-state index in [1.165, 1.54) is 0 Å². The lowest BCUT2D eigenvalue weighted by Gasteiger charge is -2.07. The smallest absolute Gasteiger partial charge is 0.262 e. The second-order valence-electron chi connectivity index (χ2n) is 6.40.